The number of likely N-dealkylation sites (tertiary alicyclic amines) is 1. The first-order valence-corrected chi connectivity index (χ1v) is 6.54. The Morgan fingerprint density at radius 1 is 1.37 bits per heavy atom. The number of nitrogens with zero attached hydrogens (tertiary/aromatic N) is 1. The monoisotopic (exact) mass is 281 g/mol. The van der Waals surface area contributed by atoms with E-state index in [9.17, 15) is 9.59 Å². The molecule has 0 radical (unpaired) electrons. The van der Waals surface area contributed by atoms with Crippen molar-refractivity contribution in [3.63, 3.8) is 0 Å². The molecule has 102 valence electrons. The average Bonchev–Trinajstić information content (AvgIpc) is 2.87. The Hall–Kier alpha value is -1.75. The van der Waals surface area contributed by atoms with Gasteiger partial charge in [0.05, 0.1) is 6.54 Å². The lowest BCUT2D eigenvalue weighted by molar-refractivity contribution is -0.135. The van der Waals surface area contributed by atoms with Crippen molar-refractivity contribution in [2.75, 3.05) is 18.4 Å². The second-order valence-corrected chi connectivity index (χ2v) is 4.94. The maximum atomic E-state index is 12.0. The zero-order chi connectivity index (χ0) is 13.8. The van der Waals surface area contributed by atoms with Crippen LogP contribution in [0.25, 0.3) is 0 Å². The van der Waals surface area contributed by atoms with Crippen molar-refractivity contribution >= 4 is 29.1 Å². The van der Waals surface area contributed by atoms with Gasteiger partial charge in [-0.05, 0) is 37.1 Å². The van der Waals surface area contributed by atoms with Crippen LogP contribution >= 0.6 is 11.6 Å². The summed E-state index contributed by atoms with van der Waals surface area (Å²) >= 11 is 5.78. The van der Waals surface area contributed by atoms with Crippen LogP contribution in [0, 0.1) is 0 Å². The van der Waals surface area contributed by atoms with Crippen LogP contribution < -0.4 is 11.1 Å². The van der Waals surface area contributed by atoms with Gasteiger partial charge >= 0.3 is 0 Å². The van der Waals surface area contributed by atoms with Crippen LogP contribution in [0.3, 0.4) is 0 Å². The van der Waals surface area contributed by atoms with Crippen molar-refractivity contribution < 1.29 is 9.59 Å². The number of nitrogens with one attached hydrogen (secondary N) is 1. The maximum Gasteiger partial charge on any atom is 0.242 e. The van der Waals surface area contributed by atoms with Crippen LogP contribution in [0.4, 0.5) is 5.69 Å². The van der Waals surface area contributed by atoms with E-state index in [2.05, 4.69) is 5.32 Å². The van der Waals surface area contributed by atoms with Crippen LogP contribution in [-0.2, 0) is 9.59 Å². The molecule has 1 fully saturated rings. The summed E-state index contributed by atoms with van der Waals surface area (Å²) in [6.45, 7) is 0.736. The Bertz CT molecular complexity index is 475. The van der Waals surface area contributed by atoms with Crippen molar-refractivity contribution in [1.82, 2.24) is 4.90 Å². The number of nitrogens with two attached hydrogens (primary N) is 1. The van der Waals surface area contributed by atoms with E-state index in [0.717, 1.165) is 12.1 Å². The molecule has 1 saturated heterocycles. The number of rotatable bonds is 4. The Kier molecular flexibility index (Phi) is 4.27. The molecule has 1 aliphatic rings. The van der Waals surface area contributed by atoms with E-state index in [0.29, 0.717) is 18.0 Å². The highest BCUT2D eigenvalue weighted by molar-refractivity contribution is 6.30. The Morgan fingerprint density at radius 3 is 2.68 bits per heavy atom. The zero-order valence-corrected chi connectivity index (χ0v) is 11.2. The van der Waals surface area contributed by atoms with Gasteiger partial charge in [-0.3, -0.25) is 9.59 Å². The fourth-order valence-electron chi connectivity index (χ4n) is 2.21. The van der Waals surface area contributed by atoms with Gasteiger partial charge in [-0.2, -0.15) is 0 Å². The average molecular weight is 282 g/mol. The zero-order valence-electron chi connectivity index (χ0n) is 10.4. The molecule has 5 nitrogen and oxygen atoms in total. The molecule has 1 heterocycles. The number of anilines is 1. The molecular weight excluding hydrogens is 266 g/mol. The Labute approximate surface area is 116 Å². The lowest BCUT2D eigenvalue weighted by Crippen LogP contribution is -2.45. The van der Waals surface area contributed by atoms with Crippen molar-refractivity contribution in [1.29, 1.82) is 0 Å². The van der Waals surface area contributed by atoms with Crippen LogP contribution in [0.5, 0.6) is 0 Å². The first kappa shape index (κ1) is 13.7. The van der Waals surface area contributed by atoms with Crippen molar-refractivity contribution in [3.05, 3.63) is 29.3 Å². The highest BCUT2D eigenvalue weighted by Gasteiger charge is 2.32. The lowest BCUT2D eigenvalue weighted by Gasteiger charge is -2.22. The number of hydrogen-bond donors (Lipinski definition) is 2. The minimum absolute atomic E-state index is 0.115. The fraction of sp³-hybridized carbons (Fsp3) is 0.385. The summed E-state index contributed by atoms with van der Waals surface area (Å²) in [5.41, 5.74) is 6.09. The first-order valence-electron chi connectivity index (χ1n) is 6.16. The summed E-state index contributed by atoms with van der Waals surface area (Å²) in [5.74, 6) is -0.548. The van der Waals surface area contributed by atoms with Crippen LogP contribution in [0.1, 0.15) is 12.8 Å². The number of hydrogen-bond acceptors (Lipinski definition) is 3. The number of benzene rings is 1. The summed E-state index contributed by atoms with van der Waals surface area (Å²) in [6, 6.07) is 6.63. The molecule has 2 amide bonds. The highest BCUT2D eigenvalue weighted by Crippen LogP contribution is 2.17. The second-order valence-electron chi connectivity index (χ2n) is 4.51. The Balaban J connectivity index is 1.90. The molecule has 1 aliphatic heterocycles. The minimum atomic E-state index is -0.459. The molecule has 0 saturated carbocycles. The van der Waals surface area contributed by atoms with Crippen LogP contribution in [-0.4, -0.2) is 35.8 Å². The molecule has 0 aliphatic carbocycles. The molecule has 1 aromatic carbocycles. The van der Waals surface area contributed by atoms with E-state index < -0.39 is 11.9 Å². The second kappa shape index (κ2) is 5.93. The standard InChI is InChI=1S/C13H16ClN3O2/c14-9-3-5-10(6-4-9)16-8-12(18)17-7-1-2-11(17)13(15)19/h3-6,11,16H,1-2,7-8H2,(H2,15,19). The van der Waals surface area contributed by atoms with Crippen molar-refractivity contribution in [2.24, 2.45) is 5.73 Å². The maximum absolute atomic E-state index is 12.0. The molecule has 0 spiro atoms. The van der Waals surface area contributed by atoms with Gasteiger partial charge in [0.25, 0.3) is 0 Å². The molecule has 0 bridgehead atoms. The van der Waals surface area contributed by atoms with Crippen LogP contribution in [0.2, 0.25) is 5.02 Å². The fourth-order valence-corrected chi connectivity index (χ4v) is 2.33. The summed E-state index contributed by atoms with van der Waals surface area (Å²) in [7, 11) is 0. The third-order valence-electron chi connectivity index (χ3n) is 3.19. The van der Waals surface area contributed by atoms with Gasteiger partial charge in [-0.15, -0.1) is 0 Å². The molecule has 19 heavy (non-hydrogen) atoms. The van der Waals surface area contributed by atoms with E-state index in [1.54, 1.807) is 29.2 Å². The molecule has 1 atom stereocenters. The van der Waals surface area contributed by atoms with Crippen LogP contribution in [0.15, 0.2) is 24.3 Å². The smallest absolute Gasteiger partial charge is 0.242 e. The van der Waals surface area contributed by atoms with Gasteiger partial charge < -0.3 is 16.0 Å². The first-order chi connectivity index (χ1) is 9.08. The molecule has 0 aromatic heterocycles. The number of carbonyl (C=O) groups is 2. The van der Waals surface area contributed by atoms with Crippen molar-refractivity contribution in [2.45, 2.75) is 18.9 Å². The highest BCUT2D eigenvalue weighted by atomic mass is 35.5. The number of amides is 2. The third-order valence-corrected chi connectivity index (χ3v) is 3.44. The predicted octanol–water partition coefficient (Wildman–Crippen LogP) is 1.23. The van der Waals surface area contributed by atoms with Gasteiger partial charge in [0.15, 0.2) is 0 Å². The SMILES string of the molecule is NC(=O)C1CCCN1C(=O)CNc1ccc(Cl)cc1. The van der Waals surface area contributed by atoms with Gasteiger partial charge in [-0.25, -0.2) is 0 Å². The minimum Gasteiger partial charge on any atom is -0.376 e. The summed E-state index contributed by atoms with van der Waals surface area (Å²) in [6.07, 6.45) is 1.47. The molecule has 2 rings (SSSR count). The number of carbonyl (C=O) groups excluding carboxylic acids is 2. The third kappa shape index (κ3) is 3.38. The normalized spacial score (nSPS) is 18.4. The van der Waals surface area contributed by atoms with Gasteiger partial charge in [0.1, 0.15) is 6.04 Å². The Morgan fingerprint density at radius 2 is 2.05 bits per heavy atom. The molecule has 3 N–H and O–H groups in total. The van der Waals surface area contributed by atoms with Gasteiger partial charge in [0, 0.05) is 17.3 Å². The quantitative estimate of drug-likeness (QED) is 0.871. The number of halogens is 1. The van der Waals surface area contributed by atoms with Gasteiger partial charge in [-0.1, -0.05) is 11.6 Å². The topological polar surface area (TPSA) is 75.4 Å². The van der Waals surface area contributed by atoms with E-state index in [1.165, 1.54) is 0 Å². The summed E-state index contributed by atoms with van der Waals surface area (Å²) in [5, 5.41) is 3.65. The van der Waals surface area contributed by atoms with Gasteiger partial charge in [0.2, 0.25) is 11.8 Å². The lowest BCUT2D eigenvalue weighted by atomic mass is 10.2. The molecule has 6 heteroatoms. The summed E-state index contributed by atoms with van der Waals surface area (Å²) < 4.78 is 0. The van der Waals surface area contributed by atoms with E-state index >= 15 is 0 Å². The molecule has 1 unspecified atom stereocenters. The van der Waals surface area contributed by atoms with E-state index in [4.69, 9.17) is 17.3 Å². The predicted molar refractivity (Wildman–Crippen MR) is 73.9 cm³/mol. The number of primary amides is 1. The molecular formula is C13H16ClN3O2. The van der Waals surface area contributed by atoms with Crippen molar-refractivity contribution in [3.8, 4) is 0 Å². The largest absolute Gasteiger partial charge is 0.376 e. The molecule has 1 aromatic rings. The van der Waals surface area contributed by atoms with E-state index in [1.807, 2.05) is 0 Å². The van der Waals surface area contributed by atoms with E-state index in [-0.39, 0.29) is 12.5 Å². The summed E-state index contributed by atoms with van der Waals surface area (Å²) in [4.78, 5) is 24.8.